The molecule has 0 radical (unpaired) electrons. The van der Waals surface area contributed by atoms with Crippen LogP contribution >= 0.6 is 0 Å². The summed E-state index contributed by atoms with van der Waals surface area (Å²) in [6, 6.07) is 5.05. The third-order valence-corrected chi connectivity index (χ3v) is 8.67. The van der Waals surface area contributed by atoms with Gasteiger partial charge in [0.2, 0.25) is 11.8 Å². The summed E-state index contributed by atoms with van der Waals surface area (Å²) in [6.45, 7) is 2.05. The van der Waals surface area contributed by atoms with Gasteiger partial charge in [-0.2, -0.15) is 10.2 Å². The summed E-state index contributed by atoms with van der Waals surface area (Å²) in [5.74, 6) is -0.566. The fourth-order valence-corrected chi connectivity index (χ4v) is 6.32. The molecule has 1 saturated carbocycles. The second kappa shape index (κ2) is 9.82. The van der Waals surface area contributed by atoms with Crippen LogP contribution in [0.4, 0.5) is 10.1 Å². The summed E-state index contributed by atoms with van der Waals surface area (Å²) in [5.41, 5.74) is 2.29. The molecule has 1 aliphatic carbocycles. The molecule has 0 bridgehead atoms. The Morgan fingerprint density at radius 1 is 1.15 bits per heavy atom. The Kier molecular flexibility index (Phi) is 6.09. The van der Waals surface area contributed by atoms with Crippen molar-refractivity contribution >= 4 is 28.5 Å². The number of anilines is 1. The van der Waals surface area contributed by atoms with Gasteiger partial charge in [0.25, 0.3) is 5.91 Å². The SMILES string of the molecule is COc1cc(-c2cc(C(=O)N3CCC(C(=O)N[C@H]4CCN(c5ccnc6[nH]ncc56)C4)CC34CC4)[nH]n2)c(F)cn1. The highest BCUT2D eigenvalue weighted by molar-refractivity contribution is 5.94. The zero-order valence-corrected chi connectivity index (χ0v) is 22.6. The van der Waals surface area contributed by atoms with Gasteiger partial charge in [0.05, 0.1) is 36.3 Å². The van der Waals surface area contributed by atoms with Crippen LogP contribution in [0.1, 0.15) is 42.6 Å². The van der Waals surface area contributed by atoms with E-state index in [-0.39, 0.29) is 40.8 Å². The van der Waals surface area contributed by atoms with Gasteiger partial charge in [-0.15, -0.1) is 0 Å². The van der Waals surface area contributed by atoms with Crippen LogP contribution in [-0.4, -0.2) is 85.4 Å². The summed E-state index contributed by atoms with van der Waals surface area (Å²) in [4.78, 5) is 39.2. The van der Waals surface area contributed by atoms with Crippen molar-refractivity contribution in [2.45, 2.75) is 43.7 Å². The van der Waals surface area contributed by atoms with Crippen molar-refractivity contribution in [2.24, 2.45) is 5.92 Å². The number of pyridine rings is 2. The smallest absolute Gasteiger partial charge is 0.272 e. The molecule has 1 unspecified atom stereocenters. The number of piperidine rings is 1. The molecule has 2 atom stereocenters. The third kappa shape index (κ3) is 4.54. The summed E-state index contributed by atoms with van der Waals surface area (Å²) < 4.78 is 19.5. The molecule has 6 heterocycles. The first-order valence-corrected chi connectivity index (χ1v) is 13.8. The maximum absolute atomic E-state index is 14.4. The van der Waals surface area contributed by atoms with Gasteiger partial charge >= 0.3 is 0 Å². The van der Waals surface area contributed by atoms with Crippen LogP contribution in [0.5, 0.6) is 5.88 Å². The van der Waals surface area contributed by atoms with Crippen molar-refractivity contribution in [3.8, 4) is 17.1 Å². The van der Waals surface area contributed by atoms with Gasteiger partial charge in [-0.1, -0.05) is 0 Å². The van der Waals surface area contributed by atoms with Crippen molar-refractivity contribution < 1.29 is 18.7 Å². The molecule has 41 heavy (non-hydrogen) atoms. The van der Waals surface area contributed by atoms with Gasteiger partial charge in [0.15, 0.2) is 11.5 Å². The maximum Gasteiger partial charge on any atom is 0.272 e. The number of carbonyl (C=O) groups excluding carboxylic acids is 2. The summed E-state index contributed by atoms with van der Waals surface area (Å²) >= 11 is 0. The Hall–Kier alpha value is -4.55. The molecule has 2 saturated heterocycles. The lowest BCUT2D eigenvalue weighted by molar-refractivity contribution is -0.127. The maximum atomic E-state index is 14.4. The Bertz CT molecular complexity index is 1630. The number of amides is 2. The topological polar surface area (TPSA) is 145 Å². The zero-order valence-electron chi connectivity index (χ0n) is 22.6. The first-order valence-electron chi connectivity index (χ1n) is 13.8. The number of fused-ring (bicyclic) bond motifs is 1. The molecular weight excluding hydrogens is 529 g/mol. The van der Waals surface area contributed by atoms with Crippen molar-refractivity contribution in [2.75, 3.05) is 31.6 Å². The fourth-order valence-electron chi connectivity index (χ4n) is 6.32. The number of hydrogen-bond donors (Lipinski definition) is 3. The predicted molar refractivity (Wildman–Crippen MR) is 147 cm³/mol. The molecule has 2 amide bonds. The Labute approximate surface area is 234 Å². The minimum Gasteiger partial charge on any atom is -0.481 e. The lowest BCUT2D eigenvalue weighted by atomic mass is 9.87. The summed E-state index contributed by atoms with van der Waals surface area (Å²) in [6.07, 6.45) is 8.43. The van der Waals surface area contributed by atoms with E-state index < -0.39 is 5.82 Å². The molecule has 3 N–H and O–H groups in total. The van der Waals surface area contributed by atoms with Crippen LogP contribution in [-0.2, 0) is 4.79 Å². The number of rotatable bonds is 6. The molecule has 0 aromatic carbocycles. The van der Waals surface area contributed by atoms with E-state index in [0.717, 1.165) is 55.3 Å². The van der Waals surface area contributed by atoms with E-state index in [9.17, 15) is 14.0 Å². The van der Waals surface area contributed by atoms with Crippen molar-refractivity contribution in [1.82, 2.24) is 40.6 Å². The molecular formula is C28H30FN9O3. The average Bonchev–Trinajstić information content (AvgIpc) is 3.42. The lowest BCUT2D eigenvalue weighted by Crippen LogP contribution is -2.52. The highest BCUT2D eigenvalue weighted by atomic mass is 19.1. The van der Waals surface area contributed by atoms with Gasteiger partial charge in [-0.05, 0) is 44.2 Å². The number of aromatic nitrogens is 6. The number of ether oxygens (including phenoxy) is 1. The predicted octanol–water partition coefficient (Wildman–Crippen LogP) is 2.67. The van der Waals surface area contributed by atoms with E-state index in [1.807, 2.05) is 11.0 Å². The Morgan fingerprint density at radius 3 is 2.85 bits per heavy atom. The molecule has 7 rings (SSSR count). The molecule has 13 heteroatoms. The molecule has 4 aromatic rings. The molecule has 4 aromatic heterocycles. The standard InChI is InChI=1S/C28H30FN9O3/c1-41-24-10-18(20(29)14-31-24)21-11-22(35-34-21)27(40)38-9-3-16(12-28(38)5-6-28)26(39)33-17-4-8-37(15-17)23-2-7-30-25-19(23)13-32-36-25/h2,7,10-11,13-14,16-17H,3-6,8-9,12,15H2,1H3,(H,33,39)(H,34,35)(H,30,32,36)/t16?,17-/m0/s1. The molecule has 1 spiro atoms. The summed E-state index contributed by atoms with van der Waals surface area (Å²) in [5, 5.41) is 18.2. The number of hydrogen-bond acceptors (Lipinski definition) is 8. The van der Waals surface area contributed by atoms with E-state index >= 15 is 0 Å². The second-order valence-corrected chi connectivity index (χ2v) is 11.1. The molecule has 3 fully saturated rings. The van der Waals surface area contributed by atoms with Crippen LogP contribution in [0, 0.1) is 11.7 Å². The second-order valence-electron chi connectivity index (χ2n) is 11.1. The van der Waals surface area contributed by atoms with Crippen LogP contribution in [0.3, 0.4) is 0 Å². The highest BCUT2D eigenvalue weighted by Crippen LogP contribution is 2.50. The zero-order chi connectivity index (χ0) is 28.1. The number of nitrogens with one attached hydrogen (secondary N) is 3. The van der Waals surface area contributed by atoms with Crippen molar-refractivity contribution in [1.29, 1.82) is 0 Å². The number of aromatic amines is 2. The third-order valence-electron chi connectivity index (χ3n) is 8.67. The normalized spacial score (nSPS) is 21.4. The van der Waals surface area contributed by atoms with Crippen molar-refractivity contribution in [3.05, 3.63) is 48.3 Å². The van der Waals surface area contributed by atoms with E-state index in [2.05, 4.69) is 40.6 Å². The van der Waals surface area contributed by atoms with Gasteiger partial charge in [-0.3, -0.25) is 19.8 Å². The van der Waals surface area contributed by atoms with Gasteiger partial charge in [0, 0.05) is 55.0 Å². The van der Waals surface area contributed by atoms with E-state index in [0.29, 0.717) is 30.8 Å². The number of likely N-dealkylation sites (tertiary alicyclic amines) is 1. The van der Waals surface area contributed by atoms with Crippen LogP contribution < -0.4 is 15.0 Å². The first-order chi connectivity index (χ1) is 19.9. The first kappa shape index (κ1) is 25.4. The monoisotopic (exact) mass is 559 g/mol. The molecule has 3 aliphatic rings. The van der Waals surface area contributed by atoms with Crippen LogP contribution in [0.15, 0.2) is 36.8 Å². The number of methoxy groups -OCH3 is 1. The molecule has 12 nitrogen and oxygen atoms in total. The minimum absolute atomic E-state index is 0.0584. The number of carbonyl (C=O) groups is 2. The quantitative estimate of drug-likeness (QED) is 0.327. The minimum atomic E-state index is -0.553. The van der Waals surface area contributed by atoms with Crippen LogP contribution in [0.25, 0.3) is 22.3 Å². The molecule has 212 valence electrons. The Morgan fingerprint density at radius 2 is 2.02 bits per heavy atom. The average molecular weight is 560 g/mol. The van der Waals surface area contributed by atoms with Gasteiger partial charge in [-0.25, -0.2) is 14.4 Å². The largest absolute Gasteiger partial charge is 0.481 e. The highest BCUT2D eigenvalue weighted by Gasteiger charge is 2.54. The van der Waals surface area contributed by atoms with E-state index in [1.54, 1.807) is 18.5 Å². The van der Waals surface area contributed by atoms with E-state index in [4.69, 9.17) is 4.74 Å². The molecule has 2 aliphatic heterocycles. The number of halogens is 1. The Balaban J connectivity index is 0.988. The number of nitrogens with zero attached hydrogens (tertiary/aromatic N) is 6. The number of H-pyrrole nitrogens is 2. The van der Waals surface area contributed by atoms with Crippen molar-refractivity contribution in [3.63, 3.8) is 0 Å². The van der Waals surface area contributed by atoms with Gasteiger partial charge in [0.1, 0.15) is 5.69 Å². The lowest BCUT2D eigenvalue weighted by Gasteiger charge is -2.39. The van der Waals surface area contributed by atoms with Gasteiger partial charge < -0.3 is 19.9 Å². The van der Waals surface area contributed by atoms with E-state index in [1.165, 1.54) is 13.2 Å². The van der Waals surface area contributed by atoms with Crippen LogP contribution in [0.2, 0.25) is 0 Å². The summed E-state index contributed by atoms with van der Waals surface area (Å²) in [7, 11) is 1.45. The fraction of sp³-hybridized carbons (Fsp3) is 0.429.